The first kappa shape index (κ1) is 32.6. The van der Waals surface area contributed by atoms with Crippen LogP contribution < -0.4 is 0 Å². The van der Waals surface area contributed by atoms with Crippen LogP contribution in [0.5, 0.6) is 0 Å². The Morgan fingerprint density at radius 2 is 1.35 bits per heavy atom. The second kappa shape index (κ2) is 10.7. The summed E-state index contributed by atoms with van der Waals surface area (Å²) >= 11 is 0. The molecule has 6 nitrogen and oxygen atoms in total. The lowest BCUT2D eigenvalue weighted by Crippen LogP contribution is -2.50. The van der Waals surface area contributed by atoms with E-state index in [4.69, 9.17) is 0 Å². The number of carbonyl (C=O) groups excluding carboxylic acids is 1. The maximum atomic E-state index is 15.8. The first-order valence-electron chi connectivity index (χ1n) is 12.8. The lowest BCUT2D eigenvalue weighted by Gasteiger charge is -2.35. The first-order chi connectivity index (χ1) is 19.7. The number of rotatable bonds is 6. The molecule has 2 aromatic carbocycles. The van der Waals surface area contributed by atoms with Gasteiger partial charge in [0.05, 0.1) is 10.8 Å². The Hall–Kier alpha value is -3.30. The molecule has 4 rings (SSSR count). The van der Waals surface area contributed by atoms with E-state index in [1.807, 2.05) is 0 Å². The number of sulfone groups is 1. The third kappa shape index (κ3) is 5.35. The molecule has 0 bridgehead atoms. The average molecular weight is 646 g/mol. The van der Waals surface area contributed by atoms with Gasteiger partial charge in [0, 0.05) is 18.7 Å². The molecule has 2 aromatic rings. The Bertz CT molecular complexity index is 1470. The van der Waals surface area contributed by atoms with Crippen molar-refractivity contribution in [3.05, 3.63) is 65.5 Å². The van der Waals surface area contributed by atoms with Gasteiger partial charge in [-0.05, 0) is 61.9 Å². The van der Waals surface area contributed by atoms with E-state index in [9.17, 15) is 58.2 Å². The van der Waals surface area contributed by atoms with Crippen LogP contribution >= 0.6 is 0 Å². The van der Waals surface area contributed by atoms with Gasteiger partial charge < -0.3 is 10.0 Å². The number of halogens is 9. The molecule has 16 heteroatoms. The predicted molar refractivity (Wildman–Crippen MR) is 131 cm³/mol. The molecular weight excluding hydrogens is 621 g/mol. The van der Waals surface area contributed by atoms with E-state index in [2.05, 4.69) is 0 Å². The highest BCUT2D eigenvalue weighted by Gasteiger charge is 2.73. The monoisotopic (exact) mass is 645 g/mol. The maximum Gasteiger partial charge on any atom is 0.435 e. The minimum absolute atomic E-state index is 0.145. The van der Waals surface area contributed by atoms with Gasteiger partial charge in [0.25, 0.3) is 5.91 Å². The standard InChI is InChI=1S/C27H24F9NO5S/c28-19-5-7-20(8-6-19)43(41,42)24(17-1-3-18(4-2-17)25(30,26(31,32)33)27(34,35)36)13-14-37(15-24)22(40)23(29)11-9-16(10-12-23)21(38)39/h1-8,16H,9-15H2,(H,38,39). The molecule has 2 aliphatic rings. The molecule has 0 aromatic heterocycles. The molecule has 0 spiro atoms. The molecule has 1 saturated carbocycles. The summed E-state index contributed by atoms with van der Waals surface area (Å²) < 4.78 is 149. The van der Waals surface area contributed by atoms with Crippen LogP contribution in [0.25, 0.3) is 0 Å². The summed E-state index contributed by atoms with van der Waals surface area (Å²) in [6.45, 7) is -1.20. The third-order valence-corrected chi connectivity index (χ3v) is 10.7. The van der Waals surface area contributed by atoms with Crippen molar-refractivity contribution < 1.29 is 62.6 Å². The second-order valence-corrected chi connectivity index (χ2v) is 13.0. The molecule has 1 saturated heterocycles. The molecule has 1 aliphatic carbocycles. The number of hydrogen-bond donors (Lipinski definition) is 1. The number of carbonyl (C=O) groups is 2. The highest BCUT2D eigenvalue weighted by molar-refractivity contribution is 7.92. The van der Waals surface area contributed by atoms with Crippen LogP contribution in [0.1, 0.15) is 43.2 Å². The van der Waals surface area contributed by atoms with Crippen LogP contribution in [0.3, 0.4) is 0 Å². The van der Waals surface area contributed by atoms with E-state index in [1.54, 1.807) is 0 Å². The van der Waals surface area contributed by atoms with Gasteiger partial charge in [-0.2, -0.15) is 26.3 Å². The fraction of sp³-hybridized carbons (Fsp3) is 0.481. The zero-order valence-corrected chi connectivity index (χ0v) is 22.8. The van der Waals surface area contributed by atoms with Crippen LogP contribution in [0.2, 0.25) is 0 Å². The zero-order valence-electron chi connectivity index (χ0n) is 22.0. The van der Waals surface area contributed by atoms with Gasteiger partial charge in [-0.3, -0.25) is 9.59 Å². The lowest BCUT2D eigenvalue weighted by atomic mass is 9.79. The van der Waals surface area contributed by atoms with Gasteiger partial charge >= 0.3 is 24.0 Å². The average Bonchev–Trinajstić information content (AvgIpc) is 3.39. The highest BCUT2D eigenvalue weighted by Crippen LogP contribution is 2.54. The molecule has 1 aliphatic heterocycles. The summed E-state index contributed by atoms with van der Waals surface area (Å²) in [7, 11) is -4.71. The van der Waals surface area contributed by atoms with Crippen molar-refractivity contribution in [2.24, 2.45) is 5.92 Å². The minimum atomic E-state index is -6.42. The van der Waals surface area contributed by atoms with E-state index in [-0.39, 0.29) is 25.0 Å². The van der Waals surface area contributed by atoms with Crippen molar-refractivity contribution in [1.29, 1.82) is 0 Å². The number of aliphatic carboxylic acids is 1. The maximum absolute atomic E-state index is 15.8. The lowest BCUT2D eigenvalue weighted by molar-refractivity contribution is -0.348. The number of hydrogen-bond acceptors (Lipinski definition) is 4. The van der Waals surface area contributed by atoms with Gasteiger partial charge in [-0.15, -0.1) is 0 Å². The largest absolute Gasteiger partial charge is 0.481 e. The fourth-order valence-corrected chi connectivity index (χ4v) is 7.79. The number of amides is 1. The Balaban J connectivity index is 1.77. The number of carboxylic acid groups (broad SMARTS) is 1. The Kier molecular flexibility index (Phi) is 8.11. The number of alkyl halides is 8. The van der Waals surface area contributed by atoms with Crippen LogP contribution in [0.15, 0.2) is 53.4 Å². The first-order valence-corrected chi connectivity index (χ1v) is 14.3. The van der Waals surface area contributed by atoms with E-state index >= 15 is 4.39 Å². The molecule has 236 valence electrons. The Labute approximate surface area is 239 Å². The van der Waals surface area contributed by atoms with Crippen LogP contribution in [-0.2, 0) is 29.8 Å². The van der Waals surface area contributed by atoms with E-state index in [0.717, 1.165) is 29.2 Å². The number of carboxylic acids is 1. The number of likely N-dealkylation sites (tertiary alicyclic amines) is 1. The number of nitrogens with zero attached hydrogens (tertiary/aromatic N) is 1. The molecule has 1 heterocycles. The summed E-state index contributed by atoms with van der Waals surface area (Å²) in [5.41, 5.74) is -10.6. The minimum Gasteiger partial charge on any atom is -0.481 e. The molecule has 1 atom stereocenters. The van der Waals surface area contributed by atoms with Gasteiger partial charge in [0.15, 0.2) is 15.5 Å². The van der Waals surface area contributed by atoms with Crippen LogP contribution in [0.4, 0.5) is 39.5 Å². The molecule has 1 N–H and O–H groups in total. The van der Waals surface area contributed by atoms with Crippen molar-refractivity contribution in [2.75, 3.05) is 13.1 Å². The number of benzene rings is 2. The van der Waals surface area contributed by atoms with Crippen LogP contribution in [-0.4, -0.2) is 61.4 Å². The smallest absolute Gasteiger partial charge is 0.435 e. The van der Waals surface area contributed by atoms with E-state index in [0.29, 0.717) is 12.1 Å². The van der Waals surface area contributed by atoms with Crippen molar-refractivity contribution in [3.63, 3.8) is 0 Å². The molecule has 1 unspecified atom stereocenters. The molecule has 43 heavy (non-hydrogen) atoms. The van der Waals surface area contributed by atoms with Crippen molar-refractivity contribution >= 4 is 21.7 Å². The van der Waals surface area contributed by atoms with Crippen molar-refractivity contribution in [3.8, 4) is 0 Å². The Morgan fingerprint density at radius 3 is 1.81 bits per heavy atom. The third-order valence-electron chi connectivity index (χ3n) is 8.26. The normalized spacial score (nSPS) is 25.5. The highest BCUT2D eigenvalue weighted by atomic mass is 32.2. The molecule has 0 radical (unpaired) electrons. The second-order valence-electron chi connectivity index (χ2n) is 10.7. The molecule has 1 amide bonds. The summed E-state index contributed by atoms with van der Waals surface area (Å²) in [4.78, 5) is 24.9. The molecular formula is C27H24F9NO5S. The van der Waals surface area contributed by atoms with E-state index in [1.165, 1.54) is 0 Å². The Morgan fingerprint density at radius 1 is 0.837 bits per heavy atom. The summed E-state index contributed by atoms with van der Waals surface area (Å²) in [5, 5.41) is 9.17. The van der Waals surface area contributed by atoms with Crippen molar-refractivity contribution in [2.45, 2.75) is 65.4 Å². The summed E-state index contributed by atoms with van der Waals surface area (Å²) in [6.07, 6.45) is -14.6. The van der Waals surface area contributed by atoms with Gasteiger partial charge in [0.1, 0.15) is 10.6 Å². The van der Waals surface area contributed by atoms with Gasteiger partial charge in [-0.1, -0.05) is 24.3 Å². The predicted octanol–water partition coefficient (Wildman–Crippen LogP) is 6.00. The summed E-state index contributed by atoms with van der Waals surface area (Å²) in [5.74, 6) is -4.03. The quantitative estimate of drug-likeness (QED) is 0.308. The molecule has 2 fully saturated rings. The van der Waals surface area contributed by atoms with Gasteiger partial charge in [-0.25, -0.2) is 21.6 Å². The van der Waals surface area contributed by atoms with Crippen molar-refractivity contribution in [1.82, 2.24) is 4.90 Å². The van der Waals surface area contributed by atoms with Crippen LogP contribution in [0, 0.1) is 11.7 Å². The SMILES string of the molecule is O=C(O)C1CCC(F)(C(=O)N2CCC(c3ccc(C(F)(C(F)(F)F)C(F)(F)F)cc3)(S(=O)(=O)c3ccc(F)cc3)C2)CC1. The zero-order chi connectivity index (χ0) is 32.2. The summed E-state index contributed by atoms with van der Waals surface area (Å²) in [6, 6.07) is 4.76. The topological polar surface area (TPSA) is 91.8 Å². The van der Waals surface area contributed by atoms with Gasteiger partial charge in [0.2, 0.25) is 0 Å². The van der Waals surface area contributed by atoms with E-state index < -0.39 is 110 Å². The fourth-order valence-electron chi connectivity index (χ4n) is 5.72.